The molecule has 4 nitrogen and oxygen atoms in total. The van der Waals surface area contributed by atoms with Gasteiger partial charge in [0.1, 0.15) is 5.82 Å². The van der Waals surface area contributed by atoms with Crippen molar-refractivity contribution in [2.75, 3.05) is 17.7 Å². The van der Waals surface area contributed by atoms with Crippen LogP contribution in [0.25, 0.3) is 0 Å². The van der Waals surface area contributed by atoms with Gasteiger partial charge in [-0.25, -0.2) is 4.98 Å². The van der Waals surface area contributed by atoms with Crippen LogP contribution in [0.1, 0.15) is 11.1 Å². The second-order valence-electron chi connectivity index (χ2n) is 4.18. The number of halogens is 1. The number of rotatable bonds is 3. The van der Waals surface area contributed by atoms with E-state index in [1.807, 2.05) is 43.1 Å². The molecule has 0 aliphatic carbocycles. The number of aromatic nitrogens is 2. The van der Waals surface area contributed by atoms with E-state index >= 15 is 0 Å². The Kier molecular flexibility index (Phi) is 3.67. The fourth-order valence-corrected chi connectivity index (χ4v) is 1.99. The van der Waals surface area contributed by atoms with Gasteiger partial charge in [-0.15, -0.1) is 0 Å². The lowest BCUT2D eigenvalue weighted by Gasteiger charge is -2.20. The van der Waals surface area contributed by atoms with Crippen LogP contribution >= 0.6 is 11.6 Å². The van der Waals surface area contributed by atoms with Crippen molar-refractivity contribution in [3.8, 4) is 0 Å². The smallest absolute Gasteiger partial charge is 0.221 e. The standard InChI is InChI=1S/C13H15ClN4/c1-9-7-16-13(15)17-12(9)18(2)8-10-5-3-4-6-11(10)14/h3-7H,8H2,1-2H3,(H2,15,16,17). The molecule has 0 atom stereocenters. The van der Waals surface area contributed by atoms with Crippen LogP contribution in [-0.2, 0) is 6.54 Å². The number of anilines is 2. The zero-order valence-electron chi connectivity index (χ0n) is 10.4. The summed E-state index contributed by atoms with van der Waals surface area (Å²) in [6, 6.07) is 7.76. The summed E-state index contributed by atoms with van der Waals surface area (Å²) in [5, 5.41) is 0.754. The van der Waals surface area contributed by atoms with Crippen molar-refractivity contribution < 1.29 is 0 Å². The third kappa shape index (κ3) is 2.71. The molecule has 0 bridgehead atoms. The Hall–Kier alpha value is -1.81. The summed E-state index contributed by atoms with van der Waals surface area (Å²) in [5.41, 5.74) is 7.65. The molecule has 0 radical (unpaired) electrons. The number of aryl methyl sites for hydroxylation is 1. The number of hydrogen-bond donors (Lipinski definition) is 1. The third-order valence-corrected chi connectivity index (χ3v) is 3.06. The summed E-state index contributed by atoms with van der Waals surface area (Å²) in [6.07, 6.45) is 1.72. The Morgan fingerprint density at radius 2 is 2.06 bits per heavy atom. The number of hydrogen-bond acceptors (Lipinski definition) is 4. The fraction of sp³-hybridized carbons (Fsp3) is 0.231. The Morgan fingerprint density at radius 3 is 2.78 bits per heavy atom. The highest BCUT2D eigenvalue weighted by Crippen LogP contribution is 2.21. The first kappa shape index (κ1) is 12.6. The van der Waals surface area contributed by atoms with E-state index in [2.05, 4.69) is 9.97 Å². The quantitative estimate of drug-likeness (QED) is 0.924. The van der Waals surface area contributed by atoms with Gasteiger partial charge in [0, 0.05) is 30.4 Å². The first-order valence-corrected chi connectivity index (χ1v) is 5.99. The van der Waals surface area contributed by atoms with E-state index in [-0.39, 0.29) is 5.95 Å². The topological polar surface area (TPSA) is 55.0 Å². The summed E-state index contributed by atoms with van der Waals surface area (Å²) in [6.45, 7) is 2.63. The predicted octanol–water partition coefficient (Wildman–Crippen LogP) is 2.66. The zero-order chi connectivity index (χ0) is 13.1. The van der Waals surface area contributed by atoms with Gasteiger partial charge in [0.2, 0.25) is 5.95 Å². The van der Waals surface area contributed by atoms with E-state index in [9.17, 15) is 0 Å². The third-order valence-electron chi connectivity index (χ3n) is 2.69. The molecule has 1 aromatic carbocycles. The van der Waals surface area contributed by atoms with Crippen molar-refractivity contribution in [1.82, 2.24) is 9.97 Å². The molecule has 1 aromatic heterocycles. The van der Waals surface area contributed by atoms with Gasteiger partial charge < -0.3 is 10.6 Å². The second-order valence-corrected chi connectivity index (χ2v) is 4.59. The molecule has 18 heavy (non-hydrogen) atoms. The van der Waals surface area contributed by atoms with E-state index in [0.717, 1.165) is 22.0 Å². The average Bonchev–Trinajstić information content (AvgIpc) is 2.35. The molecule has 0 aliphatic heterocycles. The predicted molar refractivity (Wildman–Crippen MR) is 74.7 cm³/mol. The second kappa shape index (κ2) is 5.23. The van der Waals surface area contributed by atoms with Crippen LogP contribution in [0, 0.1) is 6.92 Å². The molecular formula is C13H15ClN4. The number of nitrogens with two attached hydrogens (primary N) is 1. The maximum atomic E-state index is 6.14. The van der Waals surface area contributed by atoms with Crippen molar-refractivity contribution in [3.05, 3.63) is 46.6 Å². The average molecular weight is 263 g/mol. The molecule has 94 valence electrons. The monoisotopic (exact) mass is 262 g/mol. The Morgan fingerprint density at radius 1 is 1.33 bits per heavy atom. The van der Waals surface area contributed by atoms with Crippen molar-refractivity contribution >= 4 is 23.4 Å². The number of benzene rings is 1. The molecule has 0 amide bonds. The summed E-state index contributed by atoms with van der Waals surface area (Å²) in [7, 11) is 1.96. The SMILES string of the molecule is Cc1cnc(N)nc1N(C)Cc1ccccc1Cl. The highest BCUT2D eigenvalue weighted by Gasteiger charge is 2.09. The van der Waals surface area contributed by atoms with Crippen LogP contribution in [0.3, 0.4) is 0 Å². The molecule has 0 unspecified atom stereocenters. The van der Waals surface area contributed by atoms with Crippen LogP contribution < -0.4 is 10.6 Å². The lowest BCUT2D eigenvalue weighted by molar-refractivity contribution is 0.885. The molecule has 0 saturated carbocycles. The van der Waals surface area contributed by atoms with Crippen molar-refractivity contribution in [2.24, 2.45) is 0 Å². The van der Waals surface area contributed by atoms with E-state index in [0.29, 0.717) is 6.54 Å². The van der Waals surface area contributed by atoms with Gasteiger partial charge in [-0.05, 0) is 18.6 Å². The van der Waals surface area contributed by atoms with Gasteiger partial charge in [0.25, 0.3) is 0 Å². The minimum Gasteiger partial charge on any atom is -0.368 e. The summed E-state index contributed by atoms with van der Waals surface area (Å²) >= 11 is 6.14. The van der Waals surface area contributed by atoms with Gasteiger partial charge in [-0.1, -0.05) is 29.8 Å². The number of nitrogens with zero attached hydrogens (tertiary/aromatic N) is 3. The van der Waals surface area contributed by atoms with Gasteiger partial charge in [-0.2, -0.15) is 4.98 Å². The first-order chi connectivity index (χ1) is 8.58. The van der Waals surface area contributed by atoms with Crippen molar-refractivity contribution in [1.29, 1.82) is 0 Å². The fourth-order valence-electron chi connectivity index (χ4n) is 1.79. The summed E-state index contributed by atoms with van der Waals surface area (Å²) in [4.78, 5) is 10.2. The van der Waals surface area contributed by atoms with Crippen molar-refractivity contribution in [3.63, 3.8) is 0 Å². The Balaban J connectivity index is 2.25. The molecule has 0 spiro atoms. The molecule has 2 N–H and O–H groups in total. The van der Waals surface area contributed by atoms with Gasteiger partial charge >= 0.3 is 0 Å². The minimum absolute atomic E-state index is 0.279. The van der Waals surface area contributed by atoms with Gasteiger partial charge in [0.05, 0.1) is 0 Å². The Bertz CT molecular complexity index is 556. The van der Waals surface area contributed by atoms with Crippen LogP contribution in [0.5, 0.6) is 0 Å². The summed E-state index contributed by atoms with van der Waals surface area (Å²) in [5.74, 6) is 1.10. The normalized spacial score (nSPS) is 10.4. The largest absolute Gasteiger partial charge is 0.368 e. The van der Waals surface area contributed by atoms with Gasteiger partial charge in [0.15, 0.2) is 0 Å². The molecule has 1 heterocycles. The molecule has 5 heteroatoms. The maximum Gasteiger partial charge on any atom is 0.221 e. The summed E-state index contributed by atoms with van der Waals surface area (Å²) < 4.78 is 0. The molecule has 2 rings (SSSR count). The highest BCUT2D eigenvalue weighted by molar-refractivity contribution is 6.31. The van der Waals surface area contributed by atoms with E-state index in [1.165, 1.54) is 0 Å². The molecule has 0 aliphatic rings. The lowest BCUT2D eigenvalue weighted by atomic mass is 10.2. The highest BCUT2D eigenvalue weighted by atomic mass is 35.5. The number of nitrogen functional groups attached to an aromatic ring is 1. The van der Waals surface area contributed by atoms with Crippen LogP contribution in [0.4, 0.5) is 11.8 Å². The van der Waals surface area contributed by atoms with Crippen LogP contribution in [0.15, 0.2) is 30.5 Å². The van der Waals surface area contributed by atoms with E-state index in [1.54, 1.807) is 6.20 Å². The first-order valence-electron chi connectivity index (χ1n) is 5.61. The van der Waals surface area contributed by atoms with Crippen LogP contribution in [0.2, 0.25) is 5.02 Å². The molecular weight excluding hydrogens is 248 g/mol. The van der Waals surface area contributed by atoms with Crippen LogP contribution in [-0.4, -0.2) is 17.0 Å². The van der Waals surface area contributed by atoms with Gasteiger partial charge in [-0.3, -0.25) is 0 Å². The molecule has 0 fully saturated rings. The maximum absolute atomic E-state index is 6.14. The lowest BCUT2D eigenvalue weighted by Crippen LogP contribution is -2.19. The van der Waals surface area contributed by atoms with Crippen molar-refractivity contribution in [2.45, 2.75) is 13.5 Å². The van der Waals surface area contributed by atoms with E-state index in [4.69, 9.17) is 17.3 Å². The minimum atomic E-state index is 0.279. The molecule has 2 aromatic rings. The zero-order valence-corrected chi connectivity index (χ0v) is 11.1. The molecule has 0 saturated heterocycles. The Labute approximate surface area is 111 Å². The van der Waals surface area contributed by atoms with E-state index < -0.39 is 0 Å².